The third-order valence-corrected chi connectivity index (χ3v) is 6.16. The molecule has 1 aliphatic rings. The van der Waals surface area contributed by atoms with Crippen molar-refractivity contribution >= 4 is 17.7 Å². The number of hydrogen-bond donors (Lipinski definition) is 0. The van der Waals surface area contributed by atoms with E-state index in [2.05, 4.69) is 29.4 Å². The van der Waals surface area contributed by atoms with E-state index in [1.807, 2.05) is 30.3 Å². The highest BCUT2D eigenvalue weighted by molar-refractivity contribution is 7.99. The molecule has 2 atom stereocenters. The van der Waals surface area contributed by atoms with Crippen molar-refractivity contribution < 1.29 is 14.3 Å². The first-order chi connectivity index (χ1) is 14.0. The van der Waals surface area contributed by atoms with Gasteiger partial charge in [-0.3, -0.25) is 4.79 Å². The van der Waals surface area contributed by atoms with Gasteiger partial charge >= 0.3 is 0 Å². The molecule has 1 amide bonds. The Bertz CT molecular complexity index is 794. The zero-order chi connectivity index (χ0) is 20.9. The van der Waals surface area contributed by atoms with Gasteiger partial charge in [-0.1, -0.05) is 43.8 Å². The van der Waals surface area contributed by atoms with E-state index >= 15 is 0 Å². The highest BCUT2D eigenvalue weighted by atomic mass is 32.2. The van der Waals surface area contributed by atoms with E-state index in [-0.39, 0.29) is 18.1 Å². The van der Waals surface area contributed by atoms with Crippen LogP contribution in [0.2, 0.25) is 0 Å². The molecule has 1 saturated heterocycles. The van der Waals surface area contributed by atoms with E-state index in [1.54, 1.807) is 35.4 Å². The molecule has 8 nitrogen and oxygen atoms in total. The lowest BCUT2D eigenvalue weighted by atomic mass is 10.0. The maximum Gasteiger partial charge on any atom is 0.224 e. The molecular formula is C20H29N5O3S. The summed E-state index contributed by atoms with van der Waals surface area (Å²) in [6.45, 7) is 4.11. The van der Waals surface area contributed by atoms with Crippen LogP contribution in [0.15, 0.2) is 35.5 Å². The number of para-hydroxylation sites is 1. The number of hydrogen-bond acceptors (Lipinski definition) is 7. The molecule has 0 spiro atoms. The number of carbonyl (C=O) groups is 1. The van der Waals surface area contributed by atoms with Crippen molar-refractivity contribution in [3.63, 3.8) is 0 Å². The van der Waals surface area contributed by atoms with Crippen LogP contribution in [0.3, 0.4) is 0 Å². The van der Waals surface area contributed by atoms with Crippen molar-refractivity contribution in [3.05, 3.63) is 30.3 Å². The predicted octanol–water partition coefficient (Wildman–Crippen LogP) is 2.92. The molecule has 9 heteroatoms. The van der Waals surface area contributed by atoms with Crippen molar-refractivity contribution in [1.82, 2.24) is 25.1 Å². The Kier molecular flexibility index (Phi) is 7.26. The second-order valence-electron chi connectivity index (χ2n) is 7.35. The minimum atomic E-state index is -0.647. The SMILES string of the molecule is CCC1(CC)OC(CSc2nnnn2-c2ccccc2)CC(CC(=O)N(C)C)O1. The monoisotopic (exact) mass is 419 g/mol. The van der Waals surface area contributed by atoms with Crippen molar-refractivity contribution in [3.8, 4) is 5.69 Å². The second-order valence-corrected chi connectivity index (χ2v) is 8.33. The zero-order valence-electron chi connectivity index (χ0n) is 17.4. The van der Waals surface area contributed by atoms with E-state index in [0.29, 0.717) is 23.8 Å². The molecule has 0 N–H and O–H groups in total. The van der Waals surface area contributed by atoms with Gasteiger partial charge in [0, 0.05) is 26.3 Å². The maximum atomic E-state index is 12.2. The van der Waals surface area contributed by atoms with Gasteiger partial charge in [0.05, 0.1) is 24.3 Å². The number of amides is 1. The largest absolute Gasteiger partial charge is 0.349 e. The third-order valence-electron chi connectivity index (χ3n) is 5.11. The van der Waals surface area contributed by atoms with E-state index in [9.17, 15) is 4.79 Å². The number of aromatic nitrogens is 4. The number of carbonyl (C=O) groups excluding carboxylic acids is 1. The summed E-state index contributed by atoms with van der Waals surface area (Å²) >= 11 is 1.55. The fourth-order valence-corrected chi connectivity index (χ4v) is 4.28. The first kappa shape index (κ1) is 21.7. The summed E-state index contributed by atoms with van der Waals surface area (Å²) in [4.78, 5) is 13.8. The summed E-state index contributed by atoms with van der Waals surface area (Å²) in [5.41, 5.74) is 0.916. The van der Waals surface area contributed by atoms with Crippen LogP contribution in [-0.4, -0.2) is 68.9 Å². The Labute approximate surface area is 175 Å². The van der Waals surface area contributed by atoms with Gasteiger partial charge in [0.1, 0.15) is 0 Å². The Morgan fingerprint density at radius 2 is 1.90 bits per heavy atom. The standard InChI is InChI=1S/C20H29N5O3S/c1-5-20(6-2)27-16(13-18(26)24(3)4)12-17(28-20)14-29-19-21-22-23-25(19)15-10-8-7-9-11-15/h7-11,16-17H,5-6,12-14H2,1-4H3. The first-order valence-electron chi connectivity index (χ1n) is 9.98. The van der Waals surface area contributed by atoms with Crippen molar-refractivity contribution in [1.29, 1.82) is 0 Å². The van der Waals surface area contributed by atoms with Gasteiger partial charge in [-0.25, -0.2) is 0 Å². The zero-order valence-corrected chi connectivity index (χ0v) is 18.3. The average molecular weight is 420 g/mol. The molecule has 3 rings (SSSR count). The van der Waals surface area contributed by atoms with Crippen LogP contribution in [0, 0.1) is 0 Å². The molecule has 0 radical (unpaired) electrons. The molecule has 1 aromatic heterocycles. The Balaban J connectivity index is 1.69. The third kappa shape index (κ3) is 5.34. The number of nitrogens with zero attached hydrogens (tertiary/aromatic N) is 5. The average Bonchev–Trinajstić information content (AvgIpc) is 3.21. The van der Waals surface area contributed by atoms with E-state index < -0.39 is 5.79 Å². The van der Waals surface area contributed by atoms with Crippen LogP contribution in [-0.2, 0) is 14.3 Å². The fraction of sp³-hybridized carbons (Fsp3) is 0.600. The smallest absolute Gasteiger partial charge is 0.224 e. The molecule has 0 aliphatic carbocycles. The maximum absolute atomic E-state index is 12.2. The molecule has 1 aromatic carbocycles. The highest BCUT2D eigenvalue weighted by Crippen LogP contribution is 2.36. The molecule has 2 aromatic rings. The quantitative estimate of drug-likeness (QED) is 0.609. The van der Waals surface area contributed by atoms with Crippen LogP contribution >= 0.6 is 11.8 Å². The minimum Gasteiger partial charge on any atom is -0.349 e. The van der Waals surface area contributed by atoms with Crippen LogP contribution in [0.25, 0.3) is 5.69 Å². The number of thioether (sulfide) groups is 1. The summed E-state index contributed by atoms with van der Waals surface area (Å²) in [6.07, 6.45) is 2.30. The minimum absolute atomic E-state index is 0.0467. The Morgan fingerprint density at radius 1 is 1.21 bits per heavy atom. The molecule has 1 fully saturated rings. The summed E-state index contributed by atoms with van der Waals surface area (Å²) in [6, 6.07) is 9.80. The molecular weight excluding hydrogens is 390 g/mol. The molecule has 2 unspecified atom stereocenters. The number of rotatable bonds is 8. The first-order valence-corrected chi connectivity index (χ1v) is 11.0. The normalized spacial score (nSPS) is 21.1. The van der Waals surface area contributed by atoms with Gasteiger partial charge in [-0.05, 0) is 35.4 Å². The van der Waals surface area contributed by atoms with Crippen LogP contribution < -0.4 is 0 Å². The summed E-state index contributed by atoms with van der Waals surface area (Å²) in [7, 11) is 3.54. The van der Waals surface area contributed by atoms with Crippen molar-refractivity contribution in [2.45, 2.75) is 62.7 Å². The molecule has 29 heavy (non-hydrogen) atoms. The van der Waals surface area contributed by atoms with Gasteiger partial charge in [-0.2, -0.15) is 4.68 Å². The van der Waals surface area contributed by atoms with E-state index in [4.69, 9.17) is 9.47 Å². The van der Waals surface area contributed by atoms with Gasteiger partial charge in [0.15, 0.2) is 5.79 Å². The number of benzene rings is 1. The van der Waals surface area contributed by atoms with Gasteiger partial charge in [-0.15, -0.1) is 5.10 Å². The second kappa shape index (κ2) is 9.69. The summed E-state index contributed by atoms with van der Waals surface area (Å²) in [5.74, 6) is 0.106. The Hall–Kier alpha value is -1.97. The summed E-state index contributed by atoms with van der Waals surface area (Å²) in [5, 5.41) is 12.8. The number of ether oxygens (including phenoxy) is 2. The van der Waals surface area contributed by atoms with Gasteiger partial charge in [0.2, 0.25) is 11.1 Å². The fourth-order valence-electron chi connectivity index (χ4n) is 3.38. The Morgan fingerprint density at radius 3 is 2.55 bits per heavy atom. The lowest BCUT2D eigenvalue weighted by Gasteiger charge is -2.44. The summed E-state index contributed by atoms with van der Waals surface area (Å²) < 4.78 is 14.3. The molecule has 0 bridgehead atoms. The topological polar surface area (TPSA) is 82.4 Å². The van der Waals surface area contributed by atoms with Crippen LogP contribution in [0.5, 0.6) is 0 Å². The molecule has 2 heterocycles. The van der Waals surface area contributed by atoms with Crippen molar-refractivity contribution in [2.24, 2.45) is 0 Å². The van der Waals surface area contributed by atoms with Gasteiger partial charge in [0.25, 0.3) is 0 Å². The van der Waals surface area contributed by atoms with Crippen LogP contribution in [0.4, 0.5) is 0 Å². The predicted molar refractivity (Wildman–Crippen MR) is 111 cm³/mol. The molecule has 1 aliphatic heterocycles. The number of tetrazole rings is 1. The molecule has 158 valence electrons. The lowest BCUT2D eigenvalue weighted by Crippen LogP contribution is -2.49. The molecule has 0 saturated carbocycles. The van der Waals surface area contributed by atoms with E-state index in [1.165, 1.54) is 0 Å². The highest BCUT2D eigenvalue weighted by Gasteiger charge is 2.41. The van der Waals surface area contributed by atoms with Gasteiger partial charge < -0.3 is 14.4 Å². The van der Waals surface area contributed by atoms with E-state index in [0.717, 1.165) is 18.5 Å². The van der Waals surface area contributed by atoms with Crippen molar-refractivity contribution in [2.75, 3.05) is 19.8 Å². The van der Waals surface area contributed by atoms with Crippen LogP contribution in [0.1, 0.15) is 39.5 Å². The lowest BCUT2D eigenvalue weighted by molar-refractivity contribution is -0.316.